The van der Waals surface area contributed by atoms with Crippen LogP contribution >= 0.6 is 11.3 Å². The van der Waals surface area contributed by atoms with E-state index in [0.29, 0.717) is 22.4 Å². The van der Waals surface area contributed by atoms with Crippen molar-refractivity contribution < 1.29 is 19.1 Å². The summed E-state index contributed by atoms with van der Waals surface area (Å²) in [6, 6.07) is 14.2. The normalized spacial score (nSPS) is 10.7. The Kier molecular flexibility index (Phi) is 5.95. The number of thiophene rings is 1. The van der Waals surface area contributed by atoms with Crippen molar-refractivity contribution in [3.8, 4) is 16.3 Å². The van der Waals surface area contributed by atoms with E-state index >= 15 is 0 Å². The van der Waals surface area contributed by atoms with Gasteiger partial charge in [-0.1, -0.05) is 24.3 Å². The SMILES string of the molecule is CNC(=O)NC(=O)COC(=O)c1cc(-c2cccs2)nc2c1c(C)nn2-c1ccccc1. The molecule has 0 atom stereocenters. The summed E-state index contributed by atoms with van der Waals surface area (Å²) in [6.45, 7) is 1.18. The third kappa shape index (κ3) is 4.21. The number of fused-ring (bicyclic) bond motifs is 1. The molecular weight excluding hydrogens is 430 g/mol. The predicted molar refractivity (Wildman–Crippen MR) is 120 cm³/mol. The topological polar surface area (TPSA) is 115 Å². The van der Waals surface area contributed by atoms with Gasteiger partial charge in [-0.2, -0.15) is 5.10 Å². The van der Waals surface area contributed by atoms with E-state index in [2.05, 4.69) is 15.7 Å². The van der Waals surface area contributed by atoms with Gasteiger partial charge >= 0.3 is 12.0 Å². The van der Waals surface area contributed by atoms with Crippen molar-refractivity contribution in [2.45, 2.75) is 6.92 Å². The first-order valence-corrected chi connectivity index (χ1v) is 10.5. The van der Waals surface area contributed by atoms with Crippen molar-refractivity contribution in [3.05, 3.63) is 65.2 Å². The Morgan fingerprint density at radius 1 is 1.12 bits per heavy atom. The van der Waals surface area contributed by atoms with Crippen LogP contribution in [0.5, 0.6) is 0 Å². The maximum atomic E-state index is 13.0. The first-order chi connectivity index (χ1) is 15.5. The molecule has 0 saturated carbocycles. The Morgan fingerprint density at radius 3 is 2.59 bits per heavy atom. The molecular formula is C22H19N5O4S. The first-order valence-electron chi connectivity index (χ1n) is 9.66. The highest BCUT2D eigenvalue weighted by molar-refractivity contribution is 7.13. The number of carbonyl (C=O) groups is 3. The molecule has 3 aromatic heterocycles. The van der Waals surface area contributed by atoms with Gasteiger partial charge in [-0.05, 0) is 36.6 Å². The number of rotatable bonds is 5. The van der Waals surface area contributed by atoms with Crippen LogP contribution < -0.4 is 10.6 Å². The molecule has 10 heteroatoms. The Morgan fingerprint density at radius 2 is 1.91 bits per heavy atom. The number of benzene rings is 1. The van der Waals surface area contributed by atoms with Crippen molar-refractivity contribution in [1.82, 2.24) is 25.4 Å². The fourth-order valence-corrected chi connectivity index (χ4v) is 3.87. The highest BCUT2D eigenvalue weighted by Gasteiger charge is 2.23. The van der Waals surface area contributed by atoms with Crippen LogP contribution in [0.2, 0.25) is 0 Å². The van der Waals surface area contributed by atoms with E-state index in [1.165, 1.54) is 18.4 Å². The highest BCUT2D eigenvalue weighted by atomic mass is 32.1. The zero-order chi connectivity index (χ0) is 22.7. The Hall–Kier alpha value is -4.05. The van der Waals surface area contributed by atoms with Crippen molar-refractivity contribution in [2.24, 2.45) is 0 Å². The molecule has 4 aromatic rings. The van der Waals surface area contributed by atoms with Crippen LogP contribution in [0, 0.1) is 6.92 Å². The standard InChI is InChI=1S/C22H19N5O4S/c1-13-19-15(21(29)31-12-18(28)25-22(30)23-2)11-16(17-9-6-10-32-17)24-20(19)27(26-13)14-7-4-3-5-8-14/h3-11H,12H2,1-2H3,(H2,23,25,28,30). The fourth-order valence-electron chi connectivity index (χ4n) is 3.18. The zero-order valence-electron chi connectivity index (χ0n) is 17.3. The molecule has 1 aromatic carbocycles. The van der Waals surface area contributed by atoms with Crippen LogP contribution in [0.25, 0.3) is 27.3 Å². The van der Waals surface area contributed by atoms with E-state index in [4.69, 9.17) is 9.72 Å². The number of nitrogens with zero attached hydrogens (tertiary/aromatic N) is 3. The maximum Gasteiger partial charge on any atom is 0.339 e. The number of amides is 3. The molecule has 2 N–H and O–H groups in total. The molecule has 4 rings (SSSR count). The van der Waals surface area contributed by atoms with Crippen molar-refractivity contribution in [3.63, 3.8) is 0 Å². The number of aromatic nitrogens is 3. The van der Waals surface area contributed by atoms with Gasteiger partial charge in [0.2, 0.25) is 0 Å². The molecule has 9 nitrogen and oxygen atoms in total. The minimum absolute atomic E-state index is 0.242. The number of urea groups is 1. The quantitative estimate of drug-likeness (QED) is 0.453. The highest BCUT2D eigenvalue weighted by Crippen LogP contribution is 2.31. The Balaban J connectivity index is 1.77. The van der Waals surface area contributed by atoms with E-state index in [1.54, 1.807) is 17.7 Å². The number of nitrogens with one attached hydrogen (secondary N) is 2. The first kappa shape index (κ1) is 21.2. The molecule has 0 saturated heterocycles. The molecule has 0 aliphatic carbocycles. The Labute approximate surface area is 187 Å². The average molecular weight is 449 g/mol. The summed E-state index contributed by atoms with van der Waals surface area (Å²) in [5.41, 5.74) is 2.72. The summed E-state index contributed by atoms with van der Waals surface area (Å²) in [4.78, 5) is 41.7. The second-order valence-electron chi connectivity index (χ2n) is 6.77. The van der Waals surface area contributed by atoms with Gasteiger partial charge in [-0.25, -0.2) is 19.3 Å². The predicted octanol–water partition coefficient (Wildman–Crippen LogP) is 3.07. The van der Waals surface area contributed by atoms with Crippen LogP contribution in [0.1, 0.15) is 16.1 Å². The van der Waals surface area contributed by atoms with Crippen LogP contribution in [0.4, 0.5) is 4.79 Å². The van der Waals surface area contributed by atoms with Crippen LogP contribution in [-0.2, 0) is 9.53 Å². The van der Waals surface area contributed by atoms with Crippen LogP contribution in [-0.4, -0.2) is 46.3 Å². The number of imide groups is 1. The monoisotopic (exact) mass is 449 g/mol. The lowest BCUT2D eigenvalue weighted by Crippen LogP contribution is -2.39. The fraction of sp³-hybridized carbons (Fsp3) is 0.136. The summed E-state index contributed by atoms with van der Waals surface area (Å²) >= 11 is 1.49. The largest absolute Gasteiger partial charge is 0.452 e. The molecule has 0 unspecified atom stereocenters. The molecule has 3 heterocycles. The van der Waals surface area contributed by atoms with Gasteiger partial charge in [0.15, 0.2) is 12.3 Å². The van der Waals surface area contributed by atoms with Crippen molar-refractivity contribution >= 4 is 40.3 Å². The molecule has 0 spiro atoms. The molecule has 162 valence electrons. The Bertz CT molecular complexity index is 1300. The van der Waals surface area contributed by atoms with E-state index in [-0.39, 0.29) is 5.56 Å². The summed E-state index contributed by atoms with van der Waals surface area (Å²) in [5, 5.41) is 11.4. The zero-order valence-corrected chi connectivity index (χ0v) is 18.1. The van der Waals surface area contributed by atoms with Gasteiger partial charge in [0.25, 0.3) is 5.91 Å². The number of ether oxygens (including phenoxy) is 1. The number of esters is 1. The molecule has 3 amide bonds. The van der Waals surface area contributed by atoms with Gasteiger partial charge in [-0.15, -0.1) is 11.3 Å². The second-order valence-corrected chi connectivity index (χ2v) is 7.71. The minimum atomic E-state index is -0.738. The smallest absolute Gasteiger partial charge is 0.339 e. The van der Waals surface area contributed by atoms with Gasteiger partial charge in [0, 0.05) is 7.05 Å². The van der Waals surface area contributed by atoms with E-state index in [0.717, 1.165) is 10.6 Å². The van der Waals surface area contributed by atoms with E-state index < -0.39 is 24.5 Å². The maximum absolute atomic E-state index is 13.0. The van der Waals surface area contributed by atoms with Crippen molar-refractivity contribution in [1.29, 1.82) is 0 Å². The lowest BCUT2D eigenvalue weighted by Gasteiger charge is -2.09. The van der Waals surface area contributed by atoms with Crippen LogP contribution in [0.3, 0.4) is 0 Å². The lowest BCUT2D eigenvalue weighted by atomic mass is 10.1. The number of pyridine rings is 1. The molecule has 32 heavy (non-hydrogen) atoms. The summed E-state index contributed by atoms with van der Waals surface area (Å²) in [5.74, 6) is -1.45. The number of carbonyl (C=O) groups excluding carboxylic acids is 3. The third-order valence-electron chi connectivity index (χ3n) is 4.62. The van der Waals surface area contributed by atoms with Crippen LogP contribution in [0.15, 0.2) is 53.9 Å². The van der Waals surface area contributed by atoms with Gasteiger partial charge in [0.05, 0.1) is 32.9 Å². The van der Waals surface area contributed by atoms with Gasteiger partial charge < -0.3 is 10.1 Å². The lowest BCUT2D eigenvalue weighted by molar-refractivity contribution is -0.123. The summed E-state index contributed by atoms with van der Waals surface area (Å²) < 4.78 is 6.87. The van der Waals surface area contributed by atoms with Gasteiger partial charge in [0.1, 0.15) is 0 Å². The summed E-state index contributed by atoms with van der Waals surface area (Å²) in [7, 11) is 1.38. The molecule has 0 aliphatic rings. The number of para-hydroxylation sites is 1. The molecule has 0 fully saturated rings. The molecule has 0 aliphatic heterocycles. The minimum Gasteiger partial charge on any atom is -0.452 e. The number of hydrogen-bond donors (Lipinski definition) is 2. The average Bonchev–Trinajstić information content (AvgIpc) is 3.46. The second kappa shape index (κ2) is 8.98. The number of hydrogen-bond acceptors (Lipinski definition) is 7. The van der Waals surface area contributed by atoms with Gasteiger partial charge in [-0.3, -0.25) is 10.1 Å². The number of aryl methyl sites for hydroxylation is 1. The van der Waals surface area contributed by atoms with E-state index in [1.807, 2.05) is 47.8 Å². The van der Waals surface area contributed by atoms with Crippen molar-refractivity contribution in [2.75, 3.05) is 13.7 Å². The summed E-state index contributed by atoms with van der Waals surface area (Å²) in [6.07, 6.45) is 0. The third-order valence-corrected chi connectivity index (χ3v) is 5.51. The molecule has 0 bridgehead atoms. The van der Waals surface area contributed by atoms with E-state index in [9.17, 15) is 14.4 Å². The molecule has 0 radical (unpaired) electrons.